The van der Waals surface area contributed by atoms with Gasteiger partial charge in [-0.1, -0.05) is 0 Å². The Morgan fingerprint density at radius 1 is 1.39 bits per heavy atom. The number of anilines is 1. The Bertz CT molecular complexity index is 425. The van der Waals surface area contributed by atoms with E-state index < -0.39 is 0 Å². The summed E-state index contributed by atoms with van der Waals surface area (Å²) in [6.45, 7) is 0.389. The Kier molecular flexibility index (Phi) is 4.72. The highest BCUT2D eigenvalue weighted by Gasteiger charge is 2.13. The van der Waals surface area contributed by atoms with E-state index in [1.54, 1.807) is 18.2 Å². The van der Waals surface area contributed by atoms with Gasteiger partial charge in [-0.15, -0.1) is 0 Å². The normalized spacial score (nSPS) is 12.5. The minimum absolute atomic E-state index is 0.0585. The third-order valence-electron chi connectivity index (χ3n) is 2.34. The van der Waals surface area contributed by atoms with E-state index in [-0.39, 0.29) is 19.3 Å². The van der Waals surface area contributed by atoms with Crippen LogP contribution in [0.3, 0.4) is 0 Å². The fourth-order valence-electron chi connectivity index (χ4n) is 1.50. The highest BCUT2D eigenvalue weighted by molar-refractivity contribution is 7.99. The Hall–Kier alpha value is -1.40. The van der Waals surface area contributed by atoms with Crippen LogP contribution in [0.1, 0.15) is 6.42 Å². The van der Waals surface area contributed by atoms with E-state index in [1.807, 2.05) is 0 Å². The molecule has 1 aromatic rings. The van der Waals surface area contributed by atoms with Gasteiger partial charge in [0, 0.05) is 18.4 Å². The van der Waals surface area contributed by atoms with Gasteiger partial charge in [0.2, 0.25) is 12.7 Å². The first-order valence-corrected chi connectivity index (χ1v) is 6.83. The number of nitrogens with one attached hydrogen (secondary N) is 1. The van der Waals surface area contributed by atoms with Gasteiger partial charge in [0.25, 0.3) is 0 Å². The predicted octanol–water partition coefficient (Wildman–Crippen LogP) is 1.47. The maximum atomic E-state index is 11.6. The summed E-state index contributed by atoms with van der Waals surface area (Å²) in [5.74, 6) is 2.46. The maximum absolute atomic E-state index is 11.6. The van der Waals surface area contributed by atoms with Crippen LogP contribution in [0.15, 0.2) is 18.2 Å². The molecule has 6 heteroatoms. The van der Waals surface area contributed by atoms with Crippen LogP contribution in [0.4, 0.5) is 5.69 Å². The van der Waals surface area contributed by atoms with Gasteiger partial charge in [-0.3, -0.25) is 4.79 Å². The lowest BCUT2D eigenvalue weighted by atomic mass is 10.3. The molecule has 1 aliphatic rings. The summed E-state index contributed by atoms with van der Waals surface area (Å²) in [4.78, 5) is 11.6. The number of fused-ring (bicyclic) bond motifs is 1. The zero-order chi connectivity index (χ0) is 12.8. The quantitative estimate of drug-likeness (QED) is 0.765. The topological polar surface area (TPSA) is 67.8 Å². The molecule has 0 saturated carbocycles. The summed E-state index contributed by atoms with van der Waals surface area (Å²) < 4.78 is 10.4. The number of benzene rings is 1. The molecule has 5 nitrogen and oxygen atoms in total. The molecule has 0 aliphatic carbocycles. The van der Waals surface area contributed by atoms with E-state index in [1.165, 1.54) is 11.8 Å². The third kappa shape index (κ3) is 3.54. The van der Waals surface area contributed by atoms with Gasteiger partial charge < -0.3 is 19.9 Å². The van der Waals surface area contributed by atoms with Gasteiger partial charge in [0.15, 0.2) is 11.5 Å². The number of carbonyl (C=O) groups excluding carboxylic acids is 1. The van der Waals surface area contributed by atoms with Gasteiger partial charge >= 0.3 is 0 Å². The predicted molar refractivity (Wildman–Crippen MR) is 70.2 cm³/mol. The van der Waals surface area contributed by atoms with Crippen molar-refractivity contribution < 1.29 is 19.4 Å². The van der Waals surface area contributed by atoms with Crippen molar-refractivity contribution in [2.45, 2.75) is 6.42 Å². The number of aliphatic hydroxyl groups excluding tert-OH is 1. The number of hydrogen-bond donors (Lipinski definition) is 2. The van der Waals surface area contributed by atoms with Crippen molar-refractivity contribution >= 4 is 23.4 Å². The van der Waals surface area contributed by atoms with Crippen LogP contribution in [0.25, 0.3) is 0 Å². The molecular formula is C12H15NO4S. The van der Waals surface area contributed by atoms with Crippen molar-refractivity contribution in [2.24, 2.45) is 0 Å². The molecule has 1 aromatic carbocycles. The number of amides is 1. The van der Waals surface area contributed by atoms with Crippen LogP contribution in [0.2, 0.25) is 0 Å². The van der Waals surface area contributed by atoms with Crippen molar-refractivity contribution in [2.75, 3.05) is 30.2 Å². The van der Waals surface area contributed by atoms with E-state index in [4.69, 9.17) is 14.6 Å². The first-order chi connectivity index (χ1) is 8.79. The number of hydrogen-bond acceptors (Lipinski definition) is 5. The van der Waals surface area contributed by atoms with E-state index in [0.717, 1.165) is 5.75 Å². The third-order valence-corrected chi connectivity index (χ3v) is 3.38. The summed E-state index contributed by atoms with van der Waals surface area (Å²) >= 11 is 1.50. The van der Waals surface area contributed by atoms with E-state index in [0.29, 0.717) is 29.4 Å². The molecule has 1 amide bonds. The molecule has 18 heavy (non-hydrogen) atoms. The Morgan fingerprint density at radius 2 is 2.22 bits per heavy atom. The van der Waals surface area contributed by atoms with Crippen molar-refractivity contribution in [3.05, 3.63) is 18.2 Å². The fraction of sp³-hybridized carbons (Fsp3) is 0.417. The van der Waals surface area contributed by atoms with Gasteiger partial charge in [-0.25, -0.2) is 0 Å². The molecule has 0 fully saturated rings. The van der Waals surface area contributed by atoms with Crippen LogP contribution < -0.4 is 14.8 Å². The largest absolute Gasteiger partial charge is 0.454 e. The van der Waals surface area contributed by atoms with Crippen LogP contribution in [-0.4, -0.2) is 35.9 Å². The Labute approximate surface area is 109 Å². The summed E-state index contributed by atoms with van der Waals surface area (Å²) in [5.41, 5.74) is 0.701. The van der Waals surface area contributed by atoms with Crippen LogP contribution >= 0.6 is 11.8 Å². The fourth-order valence-corrected chi connectivity index (χ4v) is 2.24. The zero-order valence-electron chi connectivity index (χ0n) is 9.85. The van der Waals surface area contributed by atoms with Gasteiger partial charge in [-0.2, -0.15) is 11.8 Å². The zero-order valence-corrected chi connectivity index (χ0v) is 10.7. The first kappa shape index (κ1) is 13.0. The average molecular weight is 269 g/mol. The molecule has 2 rings (SSSR count). The summed E-state index contributed by atoms with van der Waals surface area (Å²) in [6, 6.07) is 5.30. The molecule has 1 heterocycles. The lowest BCUT2D eigenvalue weighted by Crippen LogP contribution is -2.14. The van der Waals surface area contributed by atoms with Crippen molar-refractivity contribution in [1.29, 1.82) is 0 Å². The van der Waals surface area contributed by atoms with Gasteiger partial charge in [0.1, 0.15) is 0 Å². The van der Waals surface area contributed by atoms with Crippen molar-refractivity contribution in [3.8, 4) is 11.5 Å². The van der Waals surface area contributed by atoms with Crippen LogP contribution in [0.5, 0.6) is 11.5 Å². The second kappa shape index (κ2) is 6.51. The minimum Gasteiger partial charge on any atom is -0.454 e. The van der Waals surface area contributed by atoms with Crippen LogP contribution in [-0.2, 0) is 4.79 Å². The van der Waals surface area contributed by atoms with Gasteiger partial charge in [0.05, 0.1) is 5.75 Å². The number of thioether (sulfide) groups is 1. The molecular weight excluding hydrogens is 254 g/mol. The summed E-state index contributed by atoms with van der Waals surface area (Å²) in [5, 5.41) is 11.4. The van der Waals surface area contributed by atoms with E-state index in [2.05, 4.69) is 5.32 Å². The molecule has 0 aromatic heterocycles. The lowest BCUT2D eigenvalue weighted by Gasteiger charge is -2.05. The average Bonchev–Trinajstić information content (AvgIpc) is 2.82. The lowest BCUT2D eigenvalue weighted by molar-refractivity contribution is -0.113. The molecule has 98 valence electrons. The molecule has 0 saturated heterocycles. The first-order valence-electron chi connectivity index (χ1n) is 5.67. The second-order valence-corrected chi connectivity index (χ2v) is 4.85. The summed E-state index contributed by atoms with van der Waals surface area (Å²) in [6.07, 6.45) is 0.710. The van der Waals surface area contributed by atoms with E-state index in [9.17, 15) is 4.79 Å². The SMILES string of the molecule is O=C(CSCCCO)Nc1ccc2c(c1)OCO2. The van der Waals surface area contributed by atoms with Crippen LogP contribution in [0, 0.1) is 0 Å². The van der Waals surface area contributed by atoms with Gasteiger partial charge in [-0.05, 0) is 24.3 Å². The second-order valence-electron chi connectivity index (χ2n) is 3.75. The molecule has 0 atom stereocenters. The molecule has 0 unspecified atom stereocenters. The Morgan fingerprint density at radius 3 is 3.06 bits per heavy atom. The standard InChI is InChI=1S/C12H15NO4S/c14-4-1-5-18-7-12(15)13-9-2-3-10-11(6-9)17-8-16-10/h2-3,6,14H,1,4-5,7-8H2,(H,13,15). The number of aliphatic hydroxyl groups is 1. The number of carbonyl (C=O) groups is 1. The highest BCUT2D eigenvalue weighted by Crippen LogP contribution is 2.34. The smallest absolute Gasteiger partial charge is 0.234 e. The highest BCUT2D eigenvalue weighted by atomic mass is 32.2. The maximum Gasteiger partial charge on any atom is 0.234 e. The molecule has 0 radical (unpaired) electrons. The Balaban J connectivity index is 1.80. The molecule has 0 bridgehead atoms. The van der Waals surface area contributed by atoms with Crippen molar-refractivity contribution in [1.82, 2.24) is 0 Å². The monoisotopic (exact) mass is 269 g/mol. The van der Waals surface area contributed by atoms with Crippen molar-refractivity contribution in [3.63, 3.8) is 0 Å². The molecule has 0 spiro atoms. The number of rotatable bonds is 6. The number of ether oxygens (including phenoxy) is 2. The molecule has 2 N–H and O–H groups in total. The van der Waals surface area contributed by atoms with E-state index >= 15 is 0 Å². The summed E-state index contributed by atoms with van der Waals surface area (Å²) in [7, 11) is 0. The minimum atomic E-state index is -0.0585. The molecule has 1 aliphatic heterocycles.